The summed E-state index contributed by atoms with van der Waals surface area (Å²) in [6, 6.07) is 0. The third-order valence-corrected chi connectivity index (χ3v) is 0.842. The van der Waals surface area contributed by atoms with Crippen molar-refractivity contribution in [3.05, 3.63) is 0 Å². The number of esters is 1. The standard InChI is InChI=1S/C4H4Cl3O3/c5-4(6,7)2-10-3(9)1-8/h1-2H2. The van der Waals surface area contributed by atoms with Crippen molar-refractivity contribution in [1.82, 2.24) is 0 Å². The molecule has 0 atom stereocenters. The van der Waals surface area contributed by atoms with E-state index in [0.717, 1.165) is 0 Å². The molecule has 0 aromatic heterocycles. The summed E-state index contributed by atoms with van der Waals surface area (Å²) in [5.74, 6) is -0.925. The number of carbonyl (C=O) groups is 1. The Hall–Kier alpha value is 0.300. The number of hydrogen-bond acceptors (Lipinski definition) is 2. The van der Waals surface area contributed by atoms with Gasteiger partial charge in [0.2, 0.25) is 3.79 Å². The minimum atomic E-state index is -1.63. The van der Waals surface area contributed by atoms with E-state index < -0.39 is 23.0 Å². The van der Waals surface area contributed by atoms with Crippen LogP contribution >= 0.6 is 34.8 Å². The van der Waals surface area contributed by atoms with Crippen molar-refractivity contribution >= 4 is 40.8 Å². The van der Waals surface area contributed by atoms with Crippen molar-refractivity contribution in [2.24, 2.45) is 0 Å². The molecule has 0 aliphatic heterocycles. The maximum absolute atomic E-state index is 10.1. The van der Waals surface area contributed by atoms with Crippen LogP contribution in [0.4, 0.5) is 0 Å². The highest BCUT2D eigenvalue weighted by molar-refractivity contribution is 6.67. The van der Waals surface area contributed by atoms with E-state index >= 15 is 0 Å². The molecule has 0 amide bonds. The predicted octanol–water partition coefficient (Wildman–Crippen LogP) is 1.33. The molecule has 1 radical (unpaired) electrons. The van der Waals surface area contributed by atoms with Crippen molar-refractivity contribution in [3.8, 4) is 0 Å². The number of alkyl halides is 3. The monoisotopic (exact) mass is 205 g/mol. The Kier molecular flexibility index (Phi) is 4.36. The second-order valence-electron chi connectivity index (χ2n) is 1.42. The molecule has 0 saturated heterocycles. The van der Waals surface area contributed by atoms with Crippen molar-refractivity contribution < 1.29 is 14.6 Å². The fourth-order valence-corrected chi connectivity index (χ4v) is 0.368. The molecule has 0 aromatic rings. The van der Waals surface area contributed by atoms with E-state index in [1.165, 1.54) is 0 Å². The molecule has 0 saturated carbocycles. The van der Waals surface area contributed by atoms with Crippen LogP contribution in [-0.4, -0.2) is 23.0 Å². The number of carbonyl (C=O) groups excluding carboxylic acids is 1. The Labute approximate surface area is 72.8 Å². The molecule has 0 aliphatic rings. The number of ether oxygens (including phenoxy) is 1. The van der Waals surface area contributed by atoms with Gasteiger partial charge in [0.1, 0.15) is 6.61 Å². The number of rotatable bonds is 2. The van der Waals surface area contributed by atoms with Crippen LogP contribution in [0, 0.1) is 0 Å². The van der Waals surface area contributed by atoms with Gasteiger partial charge in [-0.3, -0.25) is 0 Å². The topological polar surface area (TPSA) is 46.2 Å². The molecule has 0 fully saturated rings. The Bertz CT molecular complexity index is 119. The van der Waals surface area contributed by atoms with Crippen LogP contribution in [0.25, 0.3) is 0 Å². The molecular weight excluding hydrogens is 202 g/mol. The fraction of sp³-hybridized carbons (Fsp3) is 0.750. The first kappa shape index (κ1) is 10.3. The van der Waals surface area contributed by atoms with Crippen molar-refractivity contribution in [2.45, 2.75) is 3.79 Å². The SMILES string of the molecule is [O]CC(=O)OCC(Cl)(Cl)Cl. The highest BCUT2D eigenvalue weighted by atomic mass is 35.6. The normalized spacial score (nSPS) is 11.2. The van der Waals surface area contributed by atoms with Crippen LogP contribution in [-0.2, 0) is 14.6 Å². The van der Waals surface area contributed by atoms with E-state index in [-0.39, 0.29) is 0 Å². The number of hydrogen-bond donors (Lipinski definition) is 0. The zero-order chi connectivity index (χ0) is 8.20. The van der Waals surface area contributed by atoms with Crippen LogP contribution in [0.3, 0.4) is 0 Å². The van der Waals surface area contributed by atoms with Gasteiger partial charge in [-0.05, 0) is 0 Å². The molecule has 59 valence electrons. The first-order valence-corrected chi connectivity index (χ1v) is 3.39. The summed E-state index contributed by atoms with van der Waals surface area (Å²) < 4.78 is 2.57. The minimum absolute atomic E-state index is 0.390. The minimum Gasteiger partial charge on any atom is -0.459 e. The van der Waals surface area contributed by atoms with Crippen molar-refractivity contribution in [2.75, 3.05) is 13.2 Å². The number of halogens is 3. The smallest absolute Gasteiger partial charge is 0.335 e. The fourth-order valence-electron chi connectivity index (χ4n) is 0.204. The van der Waals surface area contributed by atoms with E-state index in [4.69, 9.17) is 34.8 Å². The van der Waals surface area contributed by atoms with Crippen LogP contribution in [0.2, 0.25) is 0 Å². The van der Waals surface area contributed by atoms with Crippen molar-refractivity contribution in [1.29, 1.82) is 0 Å². The molecule has 0 spiro atoms. The summed E-state index contributed by atoms with van der Waals surface area (Å²) in [7, 11) is 0. The van der Waals surface area contributed by atoms with E-state index in [1.54, 1.807) is 0 Å². The summed E-state index contributed by atoms with van der Waals surface area (Å²) in [5, 5.41) is 9.74. The molecule has 0 aliphatic carbocycles. The maximum atomic E-state index is 10.1. The highest BCUT2D eigenvalue weighted by Gasteiger charge is 2.21. The zero-order valence-electron chi connectivity index (χ0n) is 4.77. The van der Waals surface area contributed by atoms with E-state index in [1.807, 2.05) is 0 Å². The molecule has 0 aromatic carbocycles. The van der Waals surface area contributed by atoms with Gasteiger partial charge in [-0.25, -0.2) is 9.90 Å². The summed E-state index contributed by atoms with van der Waals surface area (Å²) in [6.07, 6.45) is 0. The van der Waals surface area contributed by atoms with Gasteiger partial charge in [0.15, 0.2) is 6.61 Å². The summed E-state index contributed by atoms with van der Waals surface area (Å²) in [5.41, 5.74) is 0. The molecule has 0 heterocycles. The average molecular weight is 206 g/mol. The van der Waals surface area contributed by atoms with Crippen LogP contribution in [0.1, 0.15) is 0 Å². The van der Waals surface area contributed by atoms with Gasteiger partial charge in [-0.1, -0.05) is 34.8 Å². The predicted molar refractivity (Wildman–Crippen MR) is 36.8 cm³/mol. The summed E-state index contributed by atoms with van der Waals surface area (Å²) >= 11 is 15.6. The van der Waals surface area contributed by atoms with Gasteiger partial charge in [-0.15, -0.1) is 0 Å². The molecule has 0 N–H and O–H groups in total. The second kappa shape index (κ2) is 4.23. The Balaban J connectivity index is 3.46. The summed E-state index contributed by atoms with van der Waals surface area (Å²) in [4.78, 5) is 10.1. The maximum Gasteiger partial charge on any atom is 0.335 e. The third kappa shape index (κ3) is 6.42. The van der Waals surface area contributed by atoms with Gasteiger partial charge in [0.25, 0.3) is 0 Å². The quantitative estimate of drug-likeness (QED) is 0.505. The highest BCUT2D eigenvalue weighted by Crippen LogP contribution is 2.25. The average Bonchev–Trinajstić information content (AvgIpc) is 1.81. The Morgan fingerprint density at radius 3 is 2.20 bits per heavy atom. The van der Waals surface area contributed by atoms with Crippen LogP contribution in [0.5, 0.6) is 0 Å². The lowest BCUT2D eigenvalue weighted by atomic mass is 10.7. The van der Waals surface area contributed by atoms with E-state index in [0.29, 0.717) is 0 Å². The van der Waals surface area contributed by atoms with Crippen molar-refractivity contribution in [3.63, 3.8) is 0 Å². The molecule has 0 unspecified atom stereocenters. The van der Waals surface area contributed by atoms with Gasteiger partial charge in [0, 0.05) is 0 Å². The van der Waals surface area contributed by atoms with E-state index in [2.05, 4.69) is 4.74 Å². The Morgan fingerprint density at radius 2 is 1.90 bits per heavy atom. The molecule has 0 rings (SSSR count). The molecule has 6 heteroatoms. The van der Waals surface area contributed by atoms with Crippen LogP contribution < -0.4 is 0 Å². The van der Waals surface area contributed by atoms with Gasteiger partial charge < -0.3 is 4.74 Å². The Morgan fingerprint density at radius 1 is 1.40 bits per heavy atom. The summed E-state index contributed by atoms with van der Waals surface area (Å²) in [6.45, 7) is -1.35. The lowest BCUT2D eigenvalue weighted by Crippen LogP contribution is -2.18. The molecule has 3 nitrogen and oxygen atoms in total. The van der Waals surface area contributed by atoms with Gasteiger partial charge in [-0.2, -0.15) is 0 Å². The zero-order valence-corrected chi connectivity index (χ0v) is 7.04. The molecule has 10 heavy (non-hydrogen) atoms. The largest absolute Gasteiger partial charge is 0.459 e. The lowest BCUT2D eigenvalue weighted by Gasteiger charge is -2.09. The van der Waals surface area contributed by atoms with E-state index in [9.17, 15) is 9.90 Å². The first-order valence-electron chi connectivity index (χ1n) is 2.26. The molecular formula is C4H4Cl3O3. The lowest BCUT2D eigenvalue weighted by molar-refractivity contribution is -0.148. The molecule has 0 bridgehead atoms. The van der Waals surface area contributed by atoms with Crippen LogP contribution in [0.15, 0.2) is 0 Å². The third-order valence-electron chi connectivity index (χ3n) is 0.515. The second-order valence-corrected chi connectivity index (χ2v) is 3.94. The van der Waals surface area contributed by atoms with Gasteiger partial charge >= 0.3 is 5.97 Å². The van der Waals surface area contributed by atoms with Gasteiger partial charge in [0.05, 0.1) is 0 Å². The first-order chi connectivity index (χ1) is 4.45.